The minimum atomic E-state index is -3.70. The van der Waals surface area contributed by atoms with Crippen molar-refractivity contribution in [3.8, 4) is 10.6 Å². The number of aryl methyl sites for hydroxylation is 4. The lowest BCUT2D eigenvalue weighted by Gasteiger charge is -2.14. The lowest BCUT2D eigenvalue weighted by molar-refractivity contribution is 0.142. The molecule has 0 aliphatic heterocycles. The third-order valence-corrected chi connectivity index (χ3v) is 8.31. The van der Waals surface area contributed by atoms with Crippen LogP contribution in [0.2, 0.25) is 0 Å². The van der Waals surface area contributed by atoms with Crippen LogP contribution in [0.1, 0.15) is 34.2 Å². The number of anilines is 4. The van der Waals surface area contributed by atoms with Gasteiger partial charge in [-0.3, -0.25) is 4.98 Å². The number of nitrogens with zero attached hydrogens (tertiary/aromatic N) is 5. The Kier molecular flexibility index (Phi) is 6.76. The summed E-state index contributed by atoms with van der Waals surface area (Å²) in [6.45, 7) is 7.48. The van der Waals surface area contributed by atoms with Crippen LogP contribution >= 0.6 is 11.3 Å². The van der Waals surface area contributed by atoms with Crippen molar-refractivity contribution in [3.63, 3.8) is 0 Å². The maximum absolute atomic E-state index is 13.5. The number of sulfone groups is 1. The fraction of sp³-hybridized carbons (Fsp3) is 0.240. The highest BCUT2D eigenvalue weighted by atomic mass is 32.2. The zero-order chi connectivity index (χ0) is 28.1. The second-order valence-corrected chi connectivity index (χ2v) is 12.2. The Morgan fingerprint density at radius 3 is 2.31 bits per heavy atom. The molecule has 5 rings (SSSR count). The second-order valence-electron chi connectivity index (χ2n) is 8.99. The minimum Gasteiger partial charge on any atom is -0.352 e. The number of H-pyrrole nitrogens is 1. The van der Waals surface area contributed by atoms with Crippen LogP contribution in [0.3, 0.4) is 0 Å². The van der Waals surface area contributed by atoms with Crippen LogP contribution < -0.4 is 10.6 Å². The topological polar surface area (TPSA) is 138 Å². The number of hydrogen-bond acceptors (Lipinski definition) is 10. The standard InChI is InChI=1S/C25H24F2N8O2S2/c1-11-12(2)29-20(10-28-11)32-19-9-17(21-23(33-19)35-24(34-21)22(26)27)31-16-7-6-15(8-18(16)39(5,36)37)25-30-13(3)14(4)38-25/h6-10,22H,1-5H3,(H3,29,31,32,33,34,35). The first kappa shape index (κ1) is 26.6. The van der Waals surface area contributed by atoms with Crippen LogP contribution in [0.5, 0.6) is 0 Å². The van der Waals surface area contributed by atoms with Crippen molar-refractivity contribution in [1.29, 1.82) is 0 Å². The van der Waals surface area contributed by atoms with Gasteiger partial charge in [0.15, 0.2) is 21.3 Å². The maximum atomic E-state index is 13.5. The van der Waals surface area contributed by atoms with Crippen molar-refractivity contribution in [2.24, 2.45) is 0 Å². The third kappa shape index (κ3) is 5.43. The van der Waals surface area contributed by atoms with Crippen LogP contribution in [0.4, 0.5) is 31.8 Å². The Morgan fingerprint density at radius 2 is 1.67 bits per heavy atom. The Labute approximate surface area is 226 Å². The molecule has 202 valence electrons. The third-order valence-electron chi connectivity index (χ3n) is 6.05. The summed E-state index contributed by atoms with van der Waals surface area (Å²) in [5.41, 5.74) is 3.72. The normalized spacial score (nSPS) is 11.9. The number of hydrogen-bond donors (Lipinski definition) is 3. The Bertz CT molecular complexity index is 1810. The van der Waals surface area contributed by atoms with Crippen molar-refractivity contribution in [2.75, 3.05) is 16.9 Å². The van der Waals surface area contributed by atoms with Gasteiger partial charge in [-0.05, 0) is 45.9 Å². The molecular formula is C25H24F2N8O2S2. The van der Waals surface area contributed by atoms with Gasteiger partial charge >= 0.3 is 0 Å². The molecule has 1 aromatic carbocycles. The molecule has 0 bridgehead atoms. The molecule has 14 heteroatoms. The lowest BCUT2D eigenvalue weighted by atomic mass is 10.2. The highest BCUT2D eigenvalue weighted by Gasteiger charge is 2.21. The van der Waals surface area contributed by atoms with Gasteiger partial charge in [0.1, 0.15) is 22.2 Å². The molecule has 39 heavy (non-hydrogen) atoms. The van der Waals surface area contributed by atoms with Crippen molar-refractivity contribution in [3.05, 3.63) is 58.2 Å². The molecule has 0 aliphatic rings. The van der Waals surface area contributed by atoms with E-state index in [1.807, 2.05) is 27.7 Å². The van der Waals surface area contributed by atoms with E-state index in [0.717, 1.165) is 22.5 Å². The van der Waals surface area contributed by atoms with E-state index < -0.39 is 22.1 Å². The molecule has 0 spiro atoms. The van der Waals surface area contributed by atoms with Crippen LogP contribution in [0.15, 0.2) is 35.4 Å². The van der Waals surface area contributed by atoms with E-state index in [-0.39, 0.29) is 33.3 Å². The molecular weight excluding hydrogens is 546 g/mol. The second kappa shape index (κ2) is 9.93. The fourth-order valence-electron chi connectivity index (χ4n) is 3.81. The fourth-order valence-corrected chi connectivity index (χ4v) is 5.58. The number of rotatable bonds is 7. The average molecular weight is 571 g/mol. The molecule has 0 saturated heterocycles. The summed E-state index contributed by atoms with van der Waals surface area (Å²) in [6.07, 6.45) is -0.223. The van der Waals surface area contributed by atoms with E-state index in [1.54, 1.807) is 24.3 Å². The molecule has 10 nitrogen and oxygen atoms in total. The van der Waals surface area contributed by atoms with E-state index in [9.17, 15) is 17.2 Å². The number of halogens is 2. The summed E-state index contributed by atoms with van der Waals surface area (Å²) in [6, 6.07) is 6.47. The molecule has 4 heterocycles. The number of fused-ring (bicyclic) bond motifs is 1. The SMILES string of the molecule is Cc1ncc(Nc2cc(Nc3ccc(-c4nc(C)c(C)s4)cc3S(C)(=O)=O)c3nc(C(F)F)[nH]c3n2)nc1C. The molecule has 4 aromatic heterocycles. The number of aromatic nitrogens is 6. The van der Waals surface area contributed by atoms with E-state index in [0.29, 0.717) is 22.1 Å². The zero-order valence-corrected chi connectivity index (χ0v) is 23.2. The smallest absolute Gasteiger partial charge is 0.295 e. The molecule has 0 unspecified atom stereocenters. The van der Waals surface area contributed by atoms with E-state index >= 15 is 0 Å². The summed E-state index contributed by atoms with van der Waals surface area (Å²) in [4.78, 5) is 25.2. The molecule has 0 atom stereocenters. The van der Waals surface area contributed by atoms with E-state index in [1.165, 1.54) is 17.5 Å². The van der Waals surface area contributed by atoms with Crippen LogP contribution in [-0.4, -0.2) is 44.6 Å². The van der Waals surface area contributed by atoms with Gasteiger partial charge in [-0.2, -0.15) is 0 Å². The summed E-state index contributed by atoms with van der Waals surface area (Å²) in [5, 5.41) is 6.80. The first-order chi connectivity index (χ1) is 18.4. The van der Waals surface area contributed by atoms with Gasteiger partial charge in [0.05, 0.1) is 39.5 Å². The zero-order valence-electron chi connectivity index (χ0n) is 21.6. The molecule has 0 fully saturated rings. The highest BCUT2D eigenvalue weighted by Crippen LogP contribution is 2.36. The van der Waals surface area contributed by atoms with Gasteiger partial charge in [0.25, 0.3) is 6.43 Å². The summed E-state index contributed by atoms with van der Waals surface area (Å²) < 4.78 is 52.6. The van der Waals surface area contributed by atoms with E-state index in [4.69, 9.17) is 0 Å². The van der Waals surface area contributed by atoms with Crippen LogP contribution in [0, 0.1) is 27.7 Å². The first-order valence-corrected chi connectivity index (χ1v) is 14.4. The molecule has 0 amide bonds. The molecule has 0 aliphatic carbocycles. The minimum absolute atomic E-state index is 0.0228. The van der Waals surface area contributed by atoms with Crippen molar-refractivity contribution in [2.45, 2.75) is 39.0 Å². The average Bonchev–Trinajstić information content (AvgIpc) is 3.44. The van der Waals surface area contributed by atoms with Crippen molar-refractivity contribution < 1.29 is 17.2 Å². The highest BCUT2D eigenvalue weighted by molar-refractivity contribution is 7.90. The number of imidazole rings is 1. The van der Waals surface area contributed by atoms with Crippen LogP contribution in [-0.2, 0) is 9.84 Å². The largest absolute Gasteiger partial charge is 0.352 e. The predicted molar refractivity (Wildman–Crippen MR) is 147 cm³/mol. The number of thiazole rings is 1. The molecule has 5 aromatic rings. The van der Waals surface area contributed by atoms with Crippen molar-refractivity contribution in [1.82, 2.24) is 29.9 Å². The van der Waals surface area contributed by atoms with Gasteiger partial charge < -0.3 is 15.6 Å². The van der Waals surface area contributed by atoms with Crippen molar-refractivity contribution >= 4 is 55.3 Å². The number of pyridine rings is 1. The molecule has 3 N–H and O–H groups in total. The van der Waals surface area contributed by atoms with Gasteiger partial charge in [-0.1, -0.05) is 0 Å². The number of nitrogens with one attached hydrogen (secondary N) is 3. The Morgan fingerprint density at radius 1 is 0.897 bits per heavy atom. The summed E-state index contributed by atoms with van der Waals surface area (Å²) in [5.74, 6) is 0.106. The van der Waals surface area contributed by atoms with Gasteiger partial charge in [0.2, 0.25) is 0 Å². The monoisotopic (exact) mass is 570 g/mol. The maximum Gasteiger partial charge on any atom is 0.295 e. The number of aromatic amines is 1. The summed E-state index contributed by atoms with van der Waals surface area (Å²) in [7, 11) is -3.70. The van der Waals surface area contributed by atoms with Gasteiger partial charge in [-0.15, -0.1) is 11.3 Å². The lowest BCUT2D eigenvalue weighted by Crippen LogP contribution is -2.05. The summed E-state index contributed by atoms with van der Waals surface area (Å²) >= 11 is 1.47. The van der Waals surface area contributed by atoms with Gasteiger partial charge in [-0.25, -0.2) is 37.1 Å². The Balaban J connectivity index is 1.61. The van der Waals surface area contributed by atoms with Crippen LogP contribution in [0.25, 0.3) is 21.7 Å². The Hall–Kier alpha value is -4.04. The molecule has 0 radical (unpaired) electrons. The number of benzene rings is 1. The quantitative estimate of drug-likeness (QED) is 0.217. The van der Waals surface area contributed by atoms with Gasteiger partial charge in [0, 0.05) is 22.8 Å². The first-order valence-electron chi connectivity index (χ1n) is 11.7. The number of alkyl halides is 2. The predicted octanol–water partition coefficient (Wildman–Crippen LogP) is 5.93. The van der Waals surface area contributed by atoms with E-state index in [2.05, 4.69) is 40.5 Å². The molecule has 0 saturated carbocycles.